The molecule has 3 rings (SSSR count). The van der Waals surface area contributed by atoms with Crippen LogP contribution in [-0.4, -0.2) is 64.1 Å². The van der Waals surface area contributed by atoms with Crippen molar-refractivity contribution in [3.05, 3.63) is 29.8 Å². The van der Waals surface area contributed by atoms with E-state index in [1.54, 1.807) is 18.2 Å². The second-order valence-electron chi connectivity index (χ2n) is 6.03. The number of nitrogens with one attached hydrogen (secondary N) is 2. The first kappa shape index (κ1) is 17.3. The lowest BCUT2D eigenvalue weighted by atomic mass is 10.1. The molecule has 2 N–H and O–H groups in total. The number of amides is 1. The van der Waals surface area contributed by atoms with Gasteiger partial charge in [0.25, 0.3) is 5.91 Å². The Morgan fingerprint density at radius 1 is 1.25 bits per heavy atom. The number of nitrogens with zero attached hydrogens (tertiary/aromatic N) is 1. The van der Waals surface area contributed by atoms with Gasteiger partial charge in [-0.05, 0) is 31.5 Å². The zero-order chi connectivity index (χ0) is 17.0. The van der Waals surface area contributed by atoms with Gasteiger partial charge < -0.3 is 15.4 Å². The summed E-state index contributed by atoms with van der Waals surface area (Å²) in [6.45, 7) is 3.04. The number of morpholine rings is 1. The number of hydrogen-bond donors (Lipinski definition) is 2. The lowest BCUT2D eigenvalue weighted by molar-refractivity contribution is 0.0729. The molecule has 0 radical (unpaired) electrons. The SMILES string of the molecule is O=C(NC1CCCNC1)c1ccccc1S(=O)(=O)N1CCOCC1. The molecule has 2 fully saturated rings. The van der Waals surface area contributed by atoms with Crippen LogP contribution in [0.4, 0.5) is 0 Å². The van der Waals surface area contributed by atoms with Crippen molar-refractivity contribution in [3.8, 4) is 0 Å². The molecule has 0 bridgehead atoms. The topological polar surface area (TPSA) is 87.7 Å². The van der Waals surface area contributed by atoms with Gasteiger partial charge in [-0.15, -0.1) is 0 Å². The van der Waals surface area contributed by atoms with Crippen molar-refractivity contribution >= 4 is 15.9 Å². The Labute approximate surface area is 142 Å². The molecule has 8 heteroatoms. The molecule has 1 unspecified atom stereocenters. The van der Waals surface area contributed by atoms with Crippen molar-refractivity contribution in [2.45, 2.75) is 23.8 Å². The summed E-state index contributed by atoms with van der Waals surface area (Å²) in [4.78, 5) is 12.7. The number of hydrogen-bond acceptors (Lipinski definition) is 5. The smallest absolute Gasteiger partial charge is 0.252 e. The molecule has 1 aromatic carbocycles. The molecule has 0 spiro atoms. The highest BCUT2D eigenvalue weighted by Crippen LogP contribution is 2.21. The van der Waals surface area contributed by atoms with Crippen LogP contribution in [-0.2, 0) is 14.8 Å². The van der Waals surface area contributed by atoms with Gasteiger partial charge >= 0.3 is 0 Å². The maximum absolute atomic E-state index is 12.9. The van der Waals surface area contributed by atoms with E-state index in [-0.39, 0.29) is 22.4 Å². The molecule has 1 aromatic rings. The summed E-state index contributed by atoms with van der Waals surface area (Å²) in [6, 6.07) is 6.43. The third-order valence-electron chi connectivity index (χ3n) is 4.35. The number of carbonyl (C=O) groups is 1. The summed E-state index contributed by atoms with van der Waals surface area (Å²) in [5.41, 5.74) is 0.203. The second-order valence-corrected chi connectivity index (χ2v) is 7.94. The lowest BCUT2D eigenvalue weighted by Gasteiger charge is -2.27. The quantitative estimate of drug-likeness (QED) is 0.807. The molecule has 1 amide bonds. The predicted molar refractivity (Wildman–Crippen MR) is 89.4 cm³/mol. The Morgan fingerprint density at radius 2 is 2.00 bits per heavy atom. The molecule has 2 heterocycles. The van der Waals surface area contributed by atoms with Crippen LogP contribution in [0.1, 0.15) is 23.2 Å². The van der Waals surface area contributed by atoms with Crippen LogP contribution in [0.25, 0.3) is 0 Å². The molecule has 24 heavy (non-hydrogen) atoms. The van der Waals surface area contributed by atoms with Crippen LogP contribution in [0.3, 0.4) is 0 Å². The molecule has 2 aliphatic heterocycles. The maximum Gasteiger partial charge on any atom is 0.252 e. The summed E-state index contributed by atoms with van der Waals surface area (Å²) in [7, 11) is -3.70. The van der Waals surface area contributed by atoms with E-state index in [2.05, 4.69) is 10.6 Å². The van der Waals surface area contributed by atoms with E-state index in [9.17, 15) is 13.2 Å². The van der Waals surface area contributed by atoms with Crippen molar-refractivity contribution in [2.75, 3.05) is 39.4 Å². The fraction of sp³-hybridized carbons (Fsp3) is 0.562. The average Bonchev–Trinajstić information content (AvgIpc) is 2.63. The van der Waals surface area contributed by atoms with Gasteiger partial charge in [-0.2, -0.15) is 4.31 Å². The summed E-state index contributed by atoms with van der Waals surface area (Å²) in [5, 5.41) is 6.17. The number of sulfonamides is 1. The van der Waals surface area contributed by atoms with Crippen LogP contribution in [0.2, 0.25) is 0 Å². The van der Waals surface area contributed by atoms with E-state index >= 15 is 0 Å². The Hall–Kier alpha value is -1.48. The van der Waals surface area contributed by atoms with Gasteiger partial charge in [-0.1, -0.05) is 12.1 Å². The number of rotatable bonds is 4. The third-order valence-corrected chi connectivity index (χ3v) is 6.31. The van der Waals surface area contributed by atoms with E-state index in [1.165, 1.54) is 10.4 Å². The Morgan fingerprint density at radius 3 is 2.71 bits per heavy atom. The molecule has 7 nitrogen and oxygen atoms in total. The highest BCUT2D eigenvalue weighted by atomic mass is 32.2. The normalized spacial score (nSPS) is 22.9. The Bertz CT molecular complexity index is 680. The van der Waals surface area contributed by atoms with Gasteiger partial charge in [0.1, 0.15) is 0 Å². The van der Waals surface area contributed by atoms with E-state index in [0.717, 1.165) is 19.4 Å². The van der Waals surface area contributed by atoms with Crippen molar-refractivity contribution in [1.29, 1.82) is 0 Å². The first-order valence-electron chi connectivity index (χ1n) is 8.27. The zero-order valence-electron chi connectivity index (χ0n) is 13.5. The van der Waals surface area contributed by atoms with Crippen LogP contribution in [0.15, 0.2) is 29.2 Å². The largest absolute Gasteiger partial charge is 0.379 e. The minimum atomic E-state index is -3.70. The molecule has 0 aromatic heterocycles. The zero-order valence-corrected chi connectivity index (χ0v) is 14.3. The summed E-state index contributed by atoms with van der Waals surface area (Å²) < 4.78 is 32.4. The van der Waals surface area contributed by atoms with E-state index in [0.29, 0.717) is 32.8 Å². The van der Waals surface area contributed by atoms with Gasteiger partial charge in [0.2, 0.25) is 10.0 Å². The predicted octanol–water partition coefficient (Wildman–Crippen LogP) is 0.189. The number of benzene rings is 1. The number of carbonyl (C=O) groups excluding carboxylic acids is 1. The van der Waals surface area contributed by atoms with Crippen LogP contribution < -0.4 is 10.6 Å². The summed E-state index contributed by atoms with van der Waals surface area (Å²) in [6.07, 6.45) is 1.90. The summed E-state index contributed by atoms with van der Waals surface area (Å²) >= 11 is 0. The van der Waals surface area contributed by atoms with Gasteiger partial charge in [-0.3, -0.25) is 4.79 Å². The second kappa shape index (κ2) is 7.60. The highest BCUT2D eigenvalue weighted by Gasteiger charge is 2.30. The lowest BCUT2D eigenvalue weighted by Crippen LogP contribution is -2.46. The molecular formula is C16H23N3O4S. The van der Waals surface area contributed by atoms with Gasteiger partial charge in [-0.25, -0.2) is 8.42 Å². The fourth-order valence-electron chi connectivity index (χ4n) is 3.04. The third kappa shape index (κ3) is 3.77. The van der Waals surface area contributed by atoms with Gasteiger partial charge in [0.15, 0.2) is 0 Å². The molecule has 2 saturated heterocycles. The Kier molecular flexibility index (Phi) is 5.50. The standard InChI is InChI=1S/C16H23N3O4S/c20-16(18-13-4-3-7-17-12-13)14-5-1-2-6-15(14)24(21,22)19-8-10-23-11-9-19/h1-2,5-6,13,17H,3-4,7-12H2,(H,18,20). The van der Waals surface area contributed by atoms with Crippen LogP contribution in [0.5, 0.6) is 0 Å². The van der Waals surface area contributed by atoms with E-state index in [1.807, 2.05) is 0 Å². The monoisotopic (exact) mass is 353 g/mol. The van der Waals surface area contributed by atoms with E-state index < -0.39 is 10.0 Å². The molecule has 132 valence electrons. The minimum Gasteiger partial charge on any atom is -0.379 e. The van der Waals surface area contributed by atoms with Gasteiger partial charge in [0, 0.05) is 25.7 Å². The number of piperidine rings is 1. The average molecular weight is 353 g/mol. The molecule has 2 aliphatic rings. The van der Waals surface area contributed by atoms with Crippen LogP contribution >= 0.6 is 0 Å². The van der Waals surface area contributed by atoms with Crippen molar-refractivity contribution in [2.24, 2.45) is 0 Å². The van der Waals surface area contributed by atoms with Gasteiger partial charge in [0.05, 0.1) is 23.7 Å². The number of ether oxygens (including phenoxy) is 1. The fourth-order valence-corrected chi connectivity index (χ4v) is 4.64. The highest BCUT2D eigenvalue weighted by molar-refractivity contribution is 7.89. The molecule has 0 aliphatic carbocycles. The minimum absolute atomic E-state index is 0.0328. The van der Waals surface area contributed by atoms with Crippen molar-refractivity contribution in [3.63, 3.8) is 0 Å². The molecule has 1 atom stereocenters. The van der Waals surface area contributed by atoms with E-state index in [4.69, 9.17) is 4.74 Å². The first-order chi connectivity index (χ1) is 11.6. The van der Waals surface area contributed by atoms with Crippen molar-refractivity contribution in [1.82, 2.24) is 14.9 Å². The van der Waals surface area contributed by atoms with Crippen LogP contribution in [0, 0.1) is 0 Å². The maximum atomic E-state index is 12.9. The summed E-state index contributed by atoms with van der Waals surface area (Å²) in [5.74, 6) is -0.337. The first-order valence-corrected chi connectivity index (χ1v) is 9.71. The van der Waals surface area contributed by atoms with Crippen molar-refractivity contribution < 1.29 is 17.9 Å². The molecular weight excluding hydrogens is 330 g/mol. The Balaban J connectivity index is 1.82. The molecule has 0 saturated carbocycles.